The maximum absolute atomic E-state index is 12.4. The van der Waals surface area contributed by atoms with Crippen molar-refractivity contribution in [3.8, 4) is 22.2 Å². The normalized spacial score (nSPS) is 11.8. The predicted molar refractivity (Wildman–Crippen MR) is 67.9 cm³/mol. The fourth-order valence-electron chi connectivity index (χ4n) is 1.59. The summed E-state index contributed by atoms with van der Waals surface area (Å²) in [6.07, 6.45) is -3.62. The molecule has 0 unspecified atom stereocenters. The minimum absolute atomic E-state index is 0.266. The molecule has 0 spiro atoms. The van der Waals surface area contributed by atoms with E-state index in [1.165, 1.54) is 17.4 Å². The third-order valence-electron chi connectivity index (χ3n) is 2.56. The average Bonchev–Trinajstić information content (AvgIpc) is 3.09. The van der Waals surface area contributed by atoms with Crippen LogP contribution in [0.3, 0.4) is 0 Å². The second kappa shape index (κ2) is 4.71. The van der Waals surface area contributed by atoms with Crippen LogP contribution in [0.4, 0.5) is 13.2 Å². The summed E-state index contributed by atoms with van der Waals surface area (Å²) in [5.41, 5.74) is -0.507. The first-order chi connectivity index (χ1) is 9.54. The second-order valence-corrected chi connectivity index (χ2v) is 4.86. The Hall–Kier alpha value is -2.22. The number of halogens is 3. The molecule has 102 valence electrons. The molecule has 3 rings (SSSR count). The fourth-order valence-corrected chi connectivity index (χ4v) is 2.26. The fraction of sp³-hybridized carbons (Fsp3) is 0.0833. The van der Waals surface area contributed by atoms with Gasteiger partial charge in [-0.3, -0.25) is 10.1 Å². The summed E-state index contributed by atoms with van der Waals surface area (Å²) in [5.74, 6) is 0.832. The number of thiophene rings is 1. The molecular formula is C12H7F3N4S. The van der Waals surface area contributed by atoms with Crippen LogP contribution in [-0.4, -0.2) is 20.2 Å². The summed E-state index contributed by atoms with van der Waals surface area (Å²) < 4.78 is 37.3. The van der Waals surface area contributed by atoms with Gasteiger partial charge in [0, 0.05) is 6.20 Å². The molecule has 0 bridgehead atoms. The van der Waals surface area contributed by atoms with Gasteiger partial charge in [0.05, 0.1) is 10.4 Å². The Labute approximate surface area is 115 Å². The van der Waals surface area contributed by atoms with E-state index in [1.807, 2.05) is 17.5 Å². The van der Waals surface area contributed by atoms with Crippen LogP contribution in [0.25, 0.3) is 22.2 Å². The van der Waals surface area contributed by atoms with Gasteiger partial charge in [-0.05, 0) is 23.6 Å². The molecule has 0 aliphatic rings. The molecule has 0 radical (unpaired) electrons. The molecule has 1 N–H and O–H groups in total. The van der Waals surface area contributed by atoms with Crippen LogP contribution in [0.2, 0.25) is 0 Å². The van der Waals surface area contributed by atoms with Crippen molar-refractivity contribution in [1.82, 2.24) is 20.2 Å². The number of alkyl halides is 3. The summed E-state index contributed by atoms with van der Waals surface area (Å²) in [4.78, 5) is 8.86. The largest absolute Gasteiger partial charge is 0.417 e. The van der Waals surface area contributed by atoms with Crippen molar-refractivity contribution in [3.63, 3.8) is 0 Å². The number of pyridine rings is 1. The van der Waals surface area contributed by atoms with Gasteiger partial charge < -0.3 is 0 Å². The molecule has 3 heterocycles. The number of aromatic nitrogens is 4. The van der Waals surface area contributed by atoms with Gasteiger partial charge in [-0.2, -0.15) is 18.3 Å². The highest BCUT2D eigenvalue weighted by molar-refractivity contribution is 7.13. The zero-order valence-electron chi connectivity index (χ0n) is 9.85. The van der Waals surface area contributed by atoms with Crippen LogP contribution in [0.15, 0.2) is 35.8 Å². The highest BCUT2D eigenvalue weighted by Crippen LogP contribution is 2.29. The van der Waals surface area contributed by atoms with Gasteiger partial charge in [0.2, 0.25) is 0 Å². The molecule has 20 heavy (non-hydrogen) atoms. The van der Waals surface area contributed by atoms with Gasteiger partial charge >= 0.3 is 6.18 Å². The van der Waals surface area contributed by atoms with E-state index >= 15 is 0 Å². The summed E-state index contributed by atoms with van der Waals surface area (Å²) >= 11 is 1.49. The molecule has 0 aliphatic heterocycles. The Bertz CT molecular complexity index is 701. The summed E-state index contributed by atoms with van der Waals surface area (Å²) in [5, 5.41) is 8.60. The van der Waals surface area contributed by atoms with E-state index in [0.717, 1.165) is 17.1 Å². The van der Waals surface area contributed by atoms with Crippen molar-refractivity contribution in [1.29, 1.82) is 0 Å². The Balaban J connectivity index is 1.90. The number of nitrogens with zero attached hydrogens (tertiary/aromatic N) is 3. The molecule has 0 amide bonds. The smallest absolute Gasteiger partial charge is 0.258 e. The zero-order chi connectivity index (χ0) is 14.2. The predicted octanol–water partition coefficient (Wildman–Crippen LogP) is 3.61. The van der Waals surface area contributed by atoms with Crippen molar-refractivity contribution in [2.45, 2.75) is 6.18 Å². The standard InChI is InChI=1S/C12H7F3N4S/c13-12(14,15)7-3-4-8(16-6-7)10-17-11(19-18-10)9-2-1-5-20-9/h1-6H,(H,17,18,19). The van der Waals surface area contributed by atoms with Crippen LogP contribution in [0, 0.1) is 0 Å². The van der Waals surface area contributed by atoms with Crippen LogP contribution in [-0.2, 0) is 6.18 Å². The van der Waals surface area contributed by atoms with Crippen LogP contribution in [0.5, 0.6) is 0 Å². The maximum atomic E-state index is 12.4. The van der Waals surface area contributed by atoms with E-state index in [9.17, 15) is 13.2 Å². The van der Waals surface area contributed by atoms with Crippen LogP contribution in [0.1, 0.15) is 5.56 Å². The van der Waals surface area contributed by atoms with E-state index in [2.05, 4.69) is 20.2 Å². The quantitative estimate of drug-likeness (QED) is 0.786. The van der Waals surface area contributed by atoms with Crippen molar-refractivity contribution < 1.29 is 13.2 Å². The lowest BCUT2D eigenvalue weighted by atomic mass is 10.2. The number of hydrogen-bond acceptors (Lipinski definition) is 4. The lowest BCUT2D eigenvalue weighted by Gasteiger charge is -2.05. The monoisotopic (exact) mass is 296 g/mol. The molecular weight excluding hydrogens is 289 g/mol. The summed E-state index contributed by atoms with van der Waals surface area (Å²) in [6, 6.07) is 5.96. The number of rotatable bonds is 2. The highest BCUT2D eigenvalue weighted by Gasteiger charge is 2.30. The van der Waals surface area contributed by atoms with Crippen molar-refractivity contribution in [2.75, 3.05) is 0 Å². The first-order valence-corrected chi connectivity index (χ1v) is 6.42. The van der Waals surface area contributed by atoms with Gasteiger partial charge in [-0.15, -0.1) is 11.3 Å². The lowest BCUT2D eigenvalue weighted by molar-refractivity contribution is -0.137. The molecule has 3 aromatic heterocycles. The van der Waals surface area contributed by atoms with Gasteiger partial charge in [-0.1, -0.05) is 6.07 Å². The first-order valence-electron chi connectivity index (χ1n) is 5.54. The minimum atomic E-state index is -4.40. The van der Waals surface area contributed by atoms with Crippen molar-refractivity contribution in [2.24, 2.45) is 0 Å². The number of aromatic amines is 1. The van der Waals surface area contributed by atoms with Gasteiger partial charge in [0.1, 0.15) is 5.69 Å². The molecule has 0 saturated heterocycles. The van der Waals surface area contributed by atoms with Crippen LogP contribution < -0.4 is 0 Å². The minimum Gasteiger partial charge on any atom is -0.258 e. The zero-order valence-corrected chi connectivity index (χ0v) is 10.7. The maximum Gasteiger partial charge on any atom is 0.417 e. The topological polar surface area (TPSA) is 54.5 Å². The molecule has 4 nitrogen and oxygen atoms in total. The van der Waals surface area contributed by atoms with Gasteiger partial charge in [0.15, 0.2) is 11.6 Å². The van der Waals surface area contributed by atoms with E-state index in [-0.39, 0.29) is 11.5 Å². The number of H-pyrrole nitrogens is 1. The van der Waals surface area contributed by atoms with E-state index in [1.54, 1.807) is 0 Å². The van der Waals surface area contributed by atoms with Gasteiger partial charge in [0.25, 0.3) is 0 Å². The highest BCUT2D eigenvalue weighted by atomic mass is 32.1. The van der Waals surface area contributed by atoms with E-state index in [4.69, 9.17) is 0 Å². The molecule has 3 aromatic rings. The lowest BCUT2D eigenvalue weighted by Crippen LogP contribution is -2.05. The molecule has 8 heteroatoms. The number of nitrogens with one attached hydrogen (secondary N) is 1. The van der Waals surface area contributed by atoms with Crippen molar-refractivity contribution >= 4 is 11.3 Å². The summed E-state index contributed by atoms with van der Waals surface area (Å²) in [7, 11) is 0. The number of hydrogen-bond donors (Lipinski definition) is 1. The first kappa shape index (κ1) is 12.8. The molecule has 0 saturated carbocycles. The third kappa shape index (κ3) is 2.42. The molecule has 0 atom stereocenters. The Morgan fingerprint density at radius 1 is 1.15 bits per heavy atom. The van der Waals surface area contributed by atoms with Gasteiger partial charge in [-0.25, -0.2) is 4.98 Å². The molecule has 0 aromatic carbocycles. The Morgan fingerprint density at radius 3 is 2.60 bits per heavy atom. The van der Waals surface area contributed by atoms with E-state index < -0.39 is 11.7 Å². The average molecular weight is 296 g/mol. The van der Waals surface area contributed by atoms with Crippen LogP contribution >= 0.6 is 11.3 Å². The molecule has 0 fully saturated rings. The summed E-state index contributed by atoms with van der Waals surface area (Å²) in [6.45, 7) is 0. The third-order valence-corrected chi connectivity index (χ3v) is 3.44. The van der Waals surface area contributed by atoms with Crippen molar-refractivity contribution in [3.05, 3.63) is 41.4 Å². The van der Waals surface area contributed by atoms with E-state index in [0.29, 0.717) is 5.82 Å². The Morgan fingerprint density at radius 2 is 2.00 bits per heavy atom. The Kier molecular flexibility index (Phi) is 3.01. The second-order valence-electron chi connectivity index (χ2n) is 3.91. The molecule has 0 aliphatic carbocycles. The SMILES string of the molecule is FC(F)(F)c1ccc(-c2n[nH]c(-c3cccs3)n2)nc1.